The summed E-state index contributed by atoms with van der Waals surface area (Å²) in [7, 11) is -2.86. The predicted molar refractivity (Wildman–Crippen MR) is 61.3 cm³/mol. The van der Waals surface area contributed by atoms with E-state index in [9.17, 15) is 10.0 Å². The van der Waals surface area contributed by atoms with Crippen LogP contribution in [0.15, 0.2) is 35.5 Å². The zero-order valence-electron chi connectivity index (χ0n) is 8.71. The number of nitroso groups, excluding NO2 is 1. The van der Waals surface area contributed by atoms with Crippen LogP contribution in [0.2, 0.25) is 0 Å². The van der Waals surface area contributed by atoms with Crippen LogP contribution < -0.4 is 0 Å². The molecule has 0 fully saturated rings. The average molecular weight is 309 g/mol. The molecule has 0 aliphatic rings. The molecule has 0 aliphatic carbocycles. The van der Waals surface area contributed by atoms with Crippen LogP contribution >= 0.6 is 0 Å². The molecule has 0 aliphatic heterocycles. The van der Waals surface area contributed by atoms with Crippen molar-refractivity contribution in [2.45, 2.75) is 0 Å². The summed E-state index contributed by atoms with van der Waals surface area (Å²) in [5.41, 5.74) is 0.0894. The molecule has 0 radical (unpaired) electrons. The summed E-state index contributed by atoms with van der Waals surface area (Å²) in [4.78, 5) is 10.4. The summed E-state index contributed by atoms with van der Waals surface area (Å²) < 4.78 is 24.1. The van der Waals surface area contributed by atoms with Crippen LogP contribution in [0.3, 0.4) is 0 Å². The van der Waals surface area contributed by atoms with Crippen LogP contribution in [0, 0.1) is 11.0 Å². The van der Waals surface area contributed by atoms with E-state index < -0.39 is 11.0 Å². The molecule has 0 unspecified atom stereocenters. The van der Waals surface area contributed by atoms with Crippen molar-refractivity contribution in [1.29, 1.82) is 0 Å². The first-order chi connectivity index (χ1) is 8.06. The first-order valence-corrected chi connectivity index (χ1v) is 5.33. The van der Waals surface area contributed by atoms with E-state index in [1.54, 1.807) is 24.3 Å². The molecule has 0 bridgehead atoms. The van der Waals surface area contributed by atoms with Gasteiger partial charge in [-0.15, -0.1) is 16.4 Å². The molecule has 2 N–H and O–H groups in total. The van der Waals surface area contributed by atoms with Crippen molar-refractivity contribution in [3.8, 4) is 5.75 Å². The van der Waals surface area contributed by atoms with E-state index in [4.69, 9.17) is 13.0 Å². The molecular weight excluding hydrogens is 302 g/mol. The average Bonchev–Trinajstić information content (AvgIpc) is 2.28. The van der Waals surface area contributed by atoms with Crippen molar-refractivity contribution >= 4 is 27.4 Å². The summed E-state index contributed by atoms with van der Waals surface area (Å²) in [6, 6.07) is 11.2. The number of hydrogen-bond donors (Lipinski definition) is 2. The number of hydrogen-bond acceptors (Lipinski definition) is 6. The van der Waals surface area contributed by atoms with Crippen molar-refractivity contribution in [3.63, 3.8) is 0 Å². The number of benzene rings is 2. The Hall–Kier alpha value is -1.47. The second kappa shape index (κ2) is 7.78. The van der Waals surface area contributed by atoms with Crippen LogP contribution in [0.1, 0.15) is 0 Å². The molecule has 2 aromatic rings. The topological polar surface area (TPSA) is 104 Å². The van der Waals surface area contributed by atoms with E-state index in [0.717, 1.165) is 5.39 Å². The van der Waals surface area contributed by atoms with E-state index >= 15 is 0 Å². The number of aromatic hydroxyl groups is 1. The molecule has 6 nitrogen and oxygen atoms in total. The molecule has 8 heteroatoms. The van der Waals surface area contributed by atoms with Crippen LogP contribution in [-0.2, 0) is 36.5 Å². The van der Waals surface area contributed by atoms with Gasteiger partial charge in [0.25, 0.3) is 0 Å². The van der Waals surface area contributed by atoms with Crippen LogP contribution in [0.25, 0.3) is 10.8 Å². The first-order valence-electron chi connectivity index (χ1n) is 4.29. The van der Waals surface area contributed by atoms with Gasteiger partial charge in [0.05, 0.1) is 0 Å². The Balaban J connectivity index is 0.000000512. The maximum Gasteiger partial charge on any atom is 2.00 e. The minimum Gasteiger partial charge on any atom is -0.506 e. The van der Waals surface area contributed by atoms with Gasteiger partial charge in [0.15, 0.2) is 0 Å². The molecule has 0 aromatic heterocycles. The summed E-state index contributed by atoms with van der Waals surface area (Å²) in [6.45, 7) is 0. The predicted octanol–water partition coefficient (Wildman–Crippen LogP) is 2.51. The van der Waals surface area contributed by atoms with E-state index in [1.165, 1.54) is 6.07 Å². The SMILES string of the molecule is O=Nc1c(O)ccc2c[c-]ccc12.O=[S-](=O)O.[Fe+2]. The van der Waals surface area contributed by atoms with Crippen molar-refractivity contribution in [2.75, 3.05) is 0 Å². The minimum atomic E-state index is -2.86. The molecule has 96 valence electrons. The van der Waals surface area contributed by atoms with Gasteiger partial charge in [-0.1, -0.05) is 5.39 Å². The summed E-state index contributed by atoms with van der Waals surface area (Å²) in [6.07, 6.45) is 0. The molecule has 0 amide bonds. The van der Waals surface area contributed by atoms with Gasteiger partial charge in [-0.2, -0.15) is 24.3 Å². The summed E-state index contributed by atoms with van der Waals surface area (Å²) in [5.74, 6) is -0.0892. The number of rotatable bonds is 1. The maximum absolute atomic E-state index is 10.4. The largest absolute Gasteiger partial charge is 2.00 e. The number of fused-ring (bicyclic) bond motifs is 1. The van der Waals surface area contributed by atoms with Gasteiger partial charge in [0.1, 0.15) is 11.4 Å². The Kier molecular flexibility index (Phi) is 7.14. The van der Waals surface area contributed by atoms with Gasteiger partial charge < -0.3 is 18.1 Å². The van der Waals surface area contributed by atoms with Gasteiger partial charge in [-0.25, -0.2) is 0 Å². The molecule has 0 saturated carbocycles. The zero-order valence-corrected chi connectivity index (χ0v) is 10.6. The fourth-order valence-corrected chi connectivity index (χ4v) is 1.28. The number of phenolic OH excluding ortho intramolecular Hbond substituents is 1. The van der Waals surface area contributed by atoms with Crippen LogP contribution in [0.5, 0.6) is 5.75 Å². The van der Waals surface area contributed by atoms with Crippen LogP contribution in [-0.4, -0.2) is 9.66 Å². The zero-order chi connectivity index (χ0) is 12.8. The fourth-order valence-electron chi connectivity index (χ4n) is 1.28. The molecule has 2 aromatic carbocycles. The third-order valence-corrected chi connectivity index (χ3v) is 1.91. The van der Waals surface area contributed by atoms with Crippen molar-refractivity contribution in [3.05, 3.63) is 41.3 Å². The van der Waals surface area contributed by atoms with Gasteiger partial charge in [0.2, 0.25) is 0 Å². The van der Waals surface area contributed by atoms with E-state index in [1.807, 2.05) is 0 Å². The Morgan fingerprint density at radius 2 is 1.83 bits per heavy atom. The van der Waals surface area contributed by atoms with Gasteiger partial charge in [0, 0.05) is 11.0 Å². The fraction of sp³-hybridized carbons (Fsp3) is 0. The molecule has 0 saturated heterocycles. The van der Waals surface area contributed by atoms with Gasteiger partial charge in [-0.3, -0.25) is 0 Å². The monoisotopic (exact) mass is 309 g/mol. The second-order valence-electron chi connectivity index (χ2n) is 2.89. The maximum atomic E-state index is 10.4. The van der Waals surface area contributed by atoms with E-state index in [-0.39, 0.29) is 28.5 Å². The molecular formula is C10H7FeNO5S. The van der Waals surface area contributed by atoms with Crippen molar-refractivity contribution in [1.82, 2.24) is 0 Å². The Morgan fingerprint density at radius 3 is 2.39 bits per heavy atom. The number of phenols is 1. The van der Waals surface area contributed by atoms with E-state index in [2.05, 4.69) is 11.2 Å². The minimum absolute atomic E-state index is 0. The Bertz CT molecular complexity index is 606. The molecule has 0 heterocycles. The summed E-state index contributed by atoms with van der Waals surface area (Å²) in [5, 5.41) is 13.6. The summed E-state index contributed by atoms with van der Waals surface area (Å²) >= 11 is 0. The Morgan fingerprint density at radius 1 is 1.22 bits per heavy atom. The van der Waals surface area contributed by atoms with Crippen LogP contribution in [0.4, 0.5) is 5.69 Å². The standard InChI is InChI=1S/C10H6NO2.Fe.HO3S/c12-9-6-5-7-3-1-2-4-8(7)10(9)11-13;;1-4(2)3/h2-6,12H;;(H,1,2,3)/q-1;+2;-1. The molecule has 18 heavy (non-hydrogen) atoms. The quantitative estimate of drug-likeness (QED) is 0.210. The normalized spacial score (nSPS) is 9.22. The van der Waals surface area contributed by atoms with Crippen molar-refractivity contribution < 1.29 is 35.1 Å². The smallest absolute Gasteiger partial charge is 0.506 e. The third kappa shape index (κ3) is 4.42. The second-order valence-corrected chi connectivity index (χ2v) is 3.32. The van der Waals surface area contributed by atoms with E-state index in [0.29, 0.717) is 5.39 Å². The van der Waals surface area contributed by atoms with Gasteiger partial charge >= 0.3 is 17.1 Å². The Labute approximate surface area is 115 Å². The third-order valence-electron chi connectivity index (χ3n) is 1.91. The molecule has 2 rings (SSSR count). The molecule has 0 atom stereocenters. The number of nitrogens with zero attached hydrogens (tertiary/aromatic N) is 1. The first kappa shape index (κ1) is 16.5. The van der Waals surface area contributed by atoms with Crippen molar-refractivity contribution in [2.24, 2.45) is 5.18 Å². The molecule has 0 spiro atoms. The van der Waals surface area contributed by atoms with Gasteiger partial charge in [-0.05, 0) is 11.2 Å².